The van der Waals surface area contributed by atoms with Crippen LogP contribution in [0.3, 0.4) is 0 Å². The molecule has 1 aromatic carbocycles. The highest BCUT2D eigenvalue weighted by atomic mass is 35.5. The zero-order chi connectivity index (χ0) is 20.1. The molecule has 0 spiro atoms. The predicted molar refractivity (Wildman–Crippen MR) is 109 cm³/mol. The molecule has 2 heterocycles. The van der Waals surface area contributed by atoms with E-state index in [-0.39, 0.29) is 12.1 Å². The van der Waals surface area contributed by atoms with E-state index in [1.165, 1.54) is 0 Å². The predicted octanol–water partition coefficient (Wildman–Crippen LogP) is 4.52. The Morgan fingerprint density at radius 3 is 2.71 bits per heavy atom. The molecular weight excluding hydrogens is 376 g/mol. The summed E-state index contributed by atoms with van der Waals surface area (Å²) in [5.74, 6) is 6.74. The molecule has 146 valence electrons. The maximum absolute atomic E-state index is 12.2. The number of halogens is 1. The van der Waals surface area contributed by atoms with Crippen LogP contribution in [0, 0.1) is 11.8 Å². The fourth-order valence-electron chi connectivity index (χ4n) is 2.64. The number of pyridine rings is 1. The summed E-state index contributed by atoms with van der Waals surface area (Å²) in [6.45, 7) is 6.66. The molecule has 1 amide bonds. The summed E-state index contributed by atoms with van der Waals surface area (Å²) in [6.07, 6.45) is 3.91. The smallest absolute Gasteiger partial charge is 0.410 e. The molecule has 1 aromatic heterocycles. The van der Waals surface area contributed by atoms with Gasteiger partial charge in [-0.15, -0.1) is 0 Å². The monoisotopic (exact) mass is 398 g/mol. The normalized spacial score (nSPS) is 15.9. The number of amides is 1. The van der Waals surface area contributed by atoms with Crippen molar-refractivity contribution in [3.8, 4) is 17.6 Å². The molecule has 0 unspecified atom stereocenters. The first-order chi connectivity index (χ1) is 13.3. The Bertz CT molecular complexity index is 912. The summed E-state index contributed by atoms with van der Waals surface area (Å²) in [5.41, 5.74) is 1.08. The fourth-order valence-corrected chi connectivity index (χ4v) is 2.83. The number of hydrogen-bond donors (Lipinski definition) is 0. The van der Waals surface area contributed by atoms with E-state index in [9.17, 15) is 4.79 Å². The lowest BCUT2D eigenvalue weighted by atomic mass is 10.1. The van der Waals surface area contributed by atoms with Gasteiger partial charge in [0, 0.05) is 28.9 Å². The molecule has 1 aliphatic heterocycles. The van der Waals surface area contributed by atoms with Gasteiger partial charge in [0.2, 0.25) is 0 Å². The Kier molecular flexibility index (Phi) is 6.11. The van der Waals surface area contributed by atoms with Crippen LogP contribution in [0.1, 0.15) is 38.3 Å². The van der Waals surface area contributed by atoms with Crippen molar-refractivity contribution in [2.24, 2.45) is 0 Å². The molecule has 0 saturated carbocycles. The third kappa shape index (κ3) is 5.64. The molecule has 0 bridgehead atoms. The second-order valence-electron chi connectivity index (χ2n) is 7.60. The lowest BCUT2D eigenvalue weighted by molar-refractivity contribution is -0.0141. The van der Waals surface area contributed by atoms with Crippen molar-refractivity contribution in [3.63, 3.8) is 0 Å². The summed E-state index contributed by atoms with van der Waals surface area (Å²) >= 11 is 5.97. The van der Waals surface area contributed by atoms with E-state index in [1.54, 1.807) is 17.3 Å². The Morgan fingerprint density at radius 1 is 1.25 bits per heavy atom. The van der Waals surface area contributed by atoms with Crippen LogP contribution in [-0.4, -0.2) is 40.8 Å². The minimum atomic E-state index is -0.502. The minimum absolute atomic E-state index is 0.0102. The van der Waals surface area contributed by atoms with Gasteiger partial charge in [-0.1, -0.05) is 29.5 Å². The molecule has 0 aliphatic carbocycles. The largest absolute Gasteiger partial charge is 0.490 e. The fraction of sp³-hybridized carbons (Fsp3) is 0.364. The average Bonchev–Trinajstić information content (AvgIpc) is 2.58. The maximum Gasteiger partial charge on any atom is 0.410 e. The van der Waals surface area contributed by atoms with E-state index < -0.39 is 5.60 Å². The second kappa shape index (κ2) is 8.53. The molecule has 1 saturated heterocycles. The number of likely N-dealkylation sites (tertiary alicyclic amines) is 1. The third-order valence-corrected chi connectivity index (χ3v) is 4.34. The number of carbonyl (C=O) groups is 1. The quantitative estimate of drug-likeness (QED) is 0.713. The van der Waals surface area contributed by atoms with Crippen LogP contribution in [0.5, 0.6) is 5.75 Å². The van der Waals surface area contributed by atoms with Crippen LogP contribution in [0.2, 0.25) is 5.02 Å². The van der Waals surface area contributed by atoms with Crippen LogP contribution in [0.25, 0.3) is 0 Å². The molecule has 5 nitrogen and oxygen atoms in total. The van der Waals surface area contributed by atoms with Crippen molar-refractivity contribution in [3.05, 3.63) is 58.9 Å². The first-order valence-corrected chi connectivity index (χ1v) is 9.53. The number of hydrogen-bond acceptors (Lipinski definition) is 4. The van der Waals surface area contributed by atoms with E-state index >= 15 is 0 Å². The minimum Gasteiger partial charge on any atom is -0.490 e. The third-order valence-electron chi connectivity index (χ3n) is 4.10. The number of nitrogens with zero attached hydrogens (tertiary/aromatic N) is 2. The Hall–Kier alpha value is -2.71. The Labute approximate surface area is 170 Å². The summed E-state index contributed by atoms with van der Waals surface area (Å²) < 4.78 is 11.2. The van der Waals surface area contributed by atoms with Gasteiger partial charge in [0.05, 0.1) is 12.2 Å². The molecule has 6 heteroatoms. The summed E-state index contributed by atoms with van der Waals surface area (Å²) in [7, 11) is 0. The first kappa shape index (κ1) is 20.0. The van der Waals surface area contributed by atoms with Crippen molar-refractivity contribution in [2.45, 2.75) is 38.8 Å². The van der Waals surface area contributed by atoms with Crippen molar-refractivity contribution in [2.75, 3.05) is 13.2 Å². The van der Waals surface area contributed by atoms with E-state index in [2.05, 4.69) is 16.8 Å². The van der Waals surface area contributed by atoms with Gasteiger partial charge in [0.15, 0.2) is 0 Å². The molecule has 1 aliphatic rings. The molecule has 3 rings (SSSR count). The van der Waals surface area contributed by atoms with Crippen LogP contribution in [-0.2, 0) is 4.74 Å². The molecule has 28 heavy (non-hydrogen) atoms. The van der Waals surface area contributed by atoms with Gasteiger partial charge in [-0.2, -0.15) is 0 Å². The topological polar surface area (TPSA) is 51.7 Å². The van der Waals surface area contributed by atoms with E-state index in [0.717, 1.165) is 17.5 Å². The van der Waals surface area contributed by atoms with Crippen molar-refractivity contribution in [1.29, 1.82) is 0 Å². The lowest BCUT2D eigenvalue weighted by Gasteiger charge is -2.40. The van der Waals surface area contributed by atoms with E-state index in [0.29, 0.717) is 23.9 Å². The van der Waals surface area contributed by atoms with Gasteiger partial charge in [-0.3, -0.25) is 4.98 Å². The van der Waals surface area contributed by atoms with Crippen LogP contribution < -0.4 is 4.74 Å². The summed E-state index contributed by atoms with van der Waals surface area (Å²) in [5, 5.41) is 0.650. The molecule has 2 aromatic rings. The first-order valence-electron chi connectivity index (χ1n) is 9.15. The molecule has 1 fully saturated rings. The SMILES string of the molecule is CC(C)(C)OC(=O)N1CC[C@H]1COc1cncc(C#Cc2cccc(Cl)c2)c1. The zero-order valence-corrected chi connectivity index (χ0v) is 17.0. The lowest BCUT2D eigenvalue weighted by Crippen LogP contribution is -2.55. The van der Waals surface area contributed by atoms with Crippen LogP contribution in [0.4, 0.5) is 4.79 Å². The number of rotatable bonds is 3. The highest BCUT2D eigenvalue weighted by Crippen LogP contribution is 2.22. The van der Waals surface area contributed by atoms with Gasteiger partial charge in [0.1, 0.15) is 18.0 Å². The maximum atomic E-state index is 12.2. The van der Waals surface area contributed by atoms with E-state index in [4.69, 9.17) is 21.1 Å². The second-order valence-corrected chi connectivity index (χ2v) is 8.03. The van der Waals surface area contributed by atoms with Gasteiger partial charge in [-0.05, 0) is 51.5 Å². The van der Waals surface area contributed by atoms with Crippen molar-refractivity contribution >= 4 is 17.7 Å². The van der Waals surface area contributed by atoms with Gasteiger partial charge in [-0.25, -0.2) is 4.79 Å². The van der Waals surface area contributed by atoms with Gasteiger partial charge in [0.25, 0.3) is 0 Å². The molecule has 0 radical (unpaired) electrons. The van der Waals surface area contributed by atoms with Crippen molar-refractivity contribution in [1.82, 2.24) is 9.88 Å². The zero-order valence-electron chi connectivity index (χ0n) is 16.2. The van der Waals surface area contributed by atoms with E-state index in [1.807, 2.05) is 51.1 Å². The average molecular weight is 399 g/mol. The Morgan fingerprint density at radius 2 is 2.04 bits per heavy atom. The van der Waals surface area contributed by atoms with Crippen LogP contribution in [0.15, 0.2) is 42.7 Å². The summed E-state index contributed by atoms with van der Waals surface area (Å²) in [6, 6.07) is 9.22. The number of carbonyl (C=O) groups excluding carboxylic acids is 1. The van der Waals surface area contributed by atoms with Crippen molar-refractivity contribution < 1.29 is 14.3 Å². The highest BCUT2D eigenvalue weighted by Gasteiger charge is 2.35. The molecule has 0 N–H and O–H groups in total. The standard InChI is InChI=1S/C22H23ClN2O3/c1-22(2,3)28-21(26)25-10-9-19(25)15-27-20-12-17(13-24-14-20)8-7-16-5-4-6-18(23)11-16/h4-6,11-14,19H,9-10,15H2,1-3H3/t19-/m0/s1. The van der Waals surface area contributed by atoms with Crippen LogP contribution >= 0.6 is 11.6 Å². The van der Waals surface area contributed by atoms with Gasteiger partial charge < -0.3 is 14.4 Å². The highest BCUT2D eigenvalue weighted by molar-refractivity contribution is 6.30. The molecule has 1 atom stereocenters. The number of benzene rings is 1. The number of ether oxygens (including phenoxy) is 2. The number of aromatic nitrogens is 1. The van der Waals surface area contributed by atoms with Gasteiger partial charge >= 0.3 is 6.09 Å². The molecular formula is C22H23ClN2O3. The summed E-state index contributed by atoms with van der Waals surface area (Å²) in [4.78, 5) is 18.0. The Balaban J connectivity index is 1.58.